The molecule has 0 amide bonds. The van der Waals surface area contributed by atoms with E-state index in [0.717, 1.165) is 39.3 Å². The lowest BCUT2D eigenvalue weighted by Gasteiger charge is -2.36. The molecule has 1 aromatic carbocycles. The average Bonchev–Trinajstić information content (AvgIpc) is 3.00. The monoisotopic (exact) mass is 293 g/mol. The highest BCUT2D eigenvalue weighted by atomic mass is 35.5. The minimum atomic E-state index is 0. The Bertz CT molecular complexity index is 480. The van der Waals surface area contributed by atoms with Gasteiger partial charge in [0, 0.05) is 44.6 Å². The molecule has 1 aromatic heterocycles. The van der Waals surface area contributed by atoms with E-state index in [-0.39, 0.29) is 12.4 Å². The summed E-state index contributed by atoms with van der Waals surface area (Å²) in [6, 6.07) is 10.6. The fraction of sp³-hybridized carbons (Fsp3) is 0.429. The Balaban J connectivity index is 0.00000147. The molecule has 1 saturated heterocycles. The predicted octanol–water partition coefficient (Wildman–Crippen LogP) is 1.52. The van der Waals surface area contributed by atoms with Crippen LogP contribution in [0.5, 0.6) is 0 Å². The first-order chi connectivity index (χ1) is 9.42. The summed E-state index contributed by atoms with van der Waals surface area (Å²) in [6.07, 6.45) is 3.65. The highest BCUT2D eigenvalue weighted by molar-refractivity contribution is 5.85. The fourth-order valence-electron chi connectivity index (χ4n) is 2.46. The Kier molecular flexibility index (Phi) is 5.38. The summed E-state index contributed by atoms with van der Waals surface area (Å²) < 4.78 is 1.89. The number of rotatable bonds is 4. The molecule has 2 aromatic rings. The van der Waals surface area contributed by atoms with E-state index in [0.29, 0.717) is 0 Å². The van der Waals surface area contributed by atoms with Gasteiger partial charge in [0.25, 0.3) is 0 Å². The molecule has 6 heteroatoms. The van der Waals surface area contributed by atoms with Crippen LogP contribution in [0.15, 0.2) is 42.7 Å². The SMILES string of the molecule is Cl.c1ccc(N2CCN(CCn3ccnn3)CC2)cc1. The molecular weight excluding hydrogens is 274 g/mol. The lowest BCUT2D eigenvalue weighted by atomic mass is 10.2. The van der Waals surface area contributed by atoms with Gasteiger partial charge in [-0.2, -0.15) is 0 Å². The Labute approximate surface area is 125 Å². The van der Waals surface area contributed by atoms with E-state index < -0.39 is 0 Å². The van der Waals surface area contributed by atoms with Crippen LogP contribution in [0.25, 0.3) is 0 Å². The van der Waals surface area contributed by atoms with Gasteiger partial charge < -0.3 is 4.90 Å². The van der Waals surface area contributed by atoms with Crippen LogP contribution in [0.3, 0.4) is 0 Å². The molecule has 0 radical (unpaired) electrons. The Hall–Kier alpha value is -1.59. The third-order valence-corrected chi connectivity index (χ3v) is 3.61. The Morgan fingerprint density at radius 1 is 0.950 bits per heavy atom. The van der Waals surface area contributed by atoms with Gasteiger partial charge in [0.15, 0.2) is 0 Å². The molecule has 3 rings (SSSR count). The van der Waals surface area contributed by atoms with E-state index >= 15 is 0 Å². The number of benzene rings is 1. The molecule has 0 atom stereocenters. The second-order valence-electron chi connectivity index (χ2n) is 4.83. The zero-order chi connectivity index (χ0) is 12.9. The van der Waals surface area contributed by atoms with Crippen molar-refractivity contribution < 1.29 is 0 Å². The minimum absolute atomic E-state index is 0. The van der Waals surface area contributed by atoms with Crippen molar-refractivity contribution in [2.45, 2.75) is 6.54 Å². The van der Waals surface area contributed by atoms with Crippen molar-refractivity contribution in [3.63, 3.8) is 0 Å². The molecule has 2 heterocycles. The Morgan fingerprint density at radius 2 is 1.70 bits per heavy atom. The molecule has 0 aliphatic carbocycles. The number of para-hydroxylation sites is 1. The number of hydrogen-bond donors (Lipinski definition) is 0. The summed E-state index contributed by atoms with van der Waals surface area (Å²) in [7, 11) is 0. The highest BCUT2D eigenvalue weighted by Crippen LogP contribution is 2.15. The van der Waals surface area contributed by atoms with Crippen molar-refractivity contribution in [2.24, 2.45) is 0 Å². The van der Waals surface area contributed by atoms with E-state index in [1.165, 1.54) is 5.69 Å². The molecule has 0 saturated carbocycles. The van der Waals surface area contributed by atoms with E-state index in [1.54, 1.807) is 6.20 Å². The molecule has 1 fully saturated rings. The second-order valence-corrected chi connectivity index (χ2v) is 4.83. The van der Waals surface area contributed by atoms with Gasteiger partial charge in [-0.05, 0) is 12.1 Å². The minimum Gasteiger partial charge on any atom is -0.369 e. The molecule has 5 nitrogen and oxygen atoms in total. The van der Waals surface area contributed by atoms with E-state index in [9.17, 15) is 0 Å². The lowest BCUT2D eigenvalue weighted by molar-refractivity contribution is 0.244. The number of halogens is 1. The topological polar surface area (TPSA) is 37.2 Å². The molecule has 1 aliphatic heterocycles. The van der Waals surface area contributed by atoms with Crippen molar-refractivity contribution in [2.75, 3.05) is 37.6 Å². The van der Waals surface area contributed by atoms with Crippen LogP contribution >= 0.6 is 12.4 Å². The summed E-state index contributed by atoms with van der Waals surface area (Å²) in [5, 5.41) is 7.82. The van der Waals surface area contributed by atoms with Crippen LogP contribution in [0.2, 0.25) is 0 Å². The summed E-state index contributed by atoms with van der Waals surface area (Å²) in [5.41, 5.74) is 1.33. The van der Waals surface area contributed by atoms with Crippen LogP contribution in [0.4, 0.5) is 5.69 Å². The summed E-state index contributed by atoms with van der Waals surface area (Å²) in [6.45, 7) is 6.40. The number of aromatic nitrogens is 3. The first-order valence-corrected chi connectivity index (χ1v) is 6.78. The smallest absolute Gasteiger partial charge is 0.0692 e. The molecule has 108 valence electrons. The standard InChI is InChI=1S/C14H19N5.ClH/c1-2-4-14(5-3-1)18-11-8-17(9-12-18)10-13-19-7-6-15-16-19;/h1-7H,8-13H2;1H. The van der Waals surface area contributed by atoms with E-state index in [1.807, 2.05) is 10.9 Å². The molecule has 0 spiro atoms. The second kappa shape index (κ2) is 7.26. The third kappa shape index (κ3) is 3.71. The molecule has 0 unspecified atom stereocenters. The summed E-state index contributed by atoms with van der Waals surface area (Å²) >= 11 is 0. The molecule has 20 heavy (non-hydrogen) atoms. The quantitative estimate of drug-likeness (QED) is 0.857. The van der Waals surface area contributed by atoms with Crippen molar-refractivity contribution in [3.8, 4) is 0 Å². The van der Waals surface area contributed by atoms with Crippen LogP contribution in [-0.4, -0.2) is 52.6 Å². The van der Waals surface area contributed by atoms with E-state index in [4.69, 9.17) is 0 Å². The fourth-order valence-corrected chi connectivity index (χ4v) is 2.46. The number of hydrogen-bond acceptors (Lipinski definition) is 4. The third-order valence-electron chi connectivity index (χ3n) is 3.61. The average molecular weight is 294 g/mol. The summed E-state index contributed by atoms with van der Waals surface area (Å²) in [5.74, 6) is 0. The van der Waals surface area contributed by atoms with Gasteiger partial charge in [0.1, 0.15) is 0 Å². The molecule has 0 bridgehead atoms. The van der Waals surface area contributed by atoms with Gasteiger partial charge in [-0.3, -0.25) is 9.58 Å². The number of nitrogens with zero attached hydrogens (tertiary/aromatic N) is 5. The predicted molar refractivity (Wildman–Crippen MR) is 82.4 cm³/mol. The van der Waals surface area contributed by atoms with Gasteiger partial charge >= 0.3 is 0 Å². The van der Waals surface area contributed by atoms with Crippen LogP contribution in [0, 0.1) is 0 Å². The normalized spacial score (nSPS) is 15.9. The van der Waals surface area contributed by atoms with Gasteiger partial charge in [-0.15, -0.1) is 17.5 Å². The van der Waals surface area contributed by atoms with Crippen molar-refractivity contribution in [3.05, 3.63) is 42.7 Å². The Morgan fingerprint density at radius 3 is 2.35 bits per heavy atom. The molecule has 0 N–H and O–H groups in total. The van der Waals surface area contributed by atoms with E-state index in [2.05, 4.69) is 50.4 Å². The number of anilines is 1. The van der Waals surface area contributed by atoms with Crippen LogP contribution in [0.1, 0.15) is 0 Å². The maximum absolute atomic E-state index is 3.99. The van der Waals surface area contributed by atoms with Gasteiger partial charge in [-0.25, -0.2) is 0 Å². The molecule has 1 aliphatic rings. The number of piperazine rings is 1. The first kappa shape index (κ1) is 14.8. The van der Waals surface area contributed by atoms with Gasteiger partial charge in [-0.1, -0.05) is 23.4 Å². The maximum Gasteiger partial charge on any atom is 0.0692 e. The maximum atomic E-state index is 3.99. The summed E-state index contributed by atoms with van der Waals surface area (Å²) in [4.78, 5) is 4.94. The van der Waals surface area contributed by atoms with Crippen molar-refractivity contribution in [1.29, 1.82) is 0 Å². The lowest BCUT2D eigenvalue weighted by Crippen LogP contribution is -2.47. The largest absolute Gasteiger partial charge is 0.369 e. The van der Waals surface area contributed by atoms with Crippen molar-refractivity contribution in [1.82, 2.24) is 19.9 Å². The van der Waals surface area contributed by atoms with Gasteiger partial charge in [0.2, 0.25) is 0 Å². The van der Waals surface area contributed by atoms with Crippen molar-refractivity contribution >= 4 is 18.1 Å². The van der Waals surface area contributed by atoms with Gasteiger partial charge in [0.05, 0.1) is 12.7 Å². The highest BCUT2D eigenvalue weighted by Gasteiger charge is 2.16. The first-order valence-electron chi connectivity index (χ1n) is 6.78. The molecular formula is C14H20ClN5. The zero-order valence-electron chi connectivity index (χ0n) is 11.4. The zero-order valence-corrected chi connectivity index (χ0v) is 12.2. The van der Waals surface area contributed by atoms with Crippen LogP contribution in [-0.2, 0) is 6.54 Å². The van der Waals surface area contributed by atoms with Crippen LogP contribution < -0.4 is 4.90 Å².